The second-order valence-electron chi connectivity index (χ2n) is 9.58. The second kappa shape index (κ2) is 5.79. The van der Waals surface area contributed by atoms with E-state index in [1.54, 1.807) is 0 Å². The molecular weight excluding hydrogens is 320 g/mol. The number of Topliss-reactive ketones (excluding diaryl/α,β-unsaturated/α-hetero) is 1. The number of benzene rings is 1. The smallest absolute Gasteiger partial charge is 0.139 e. The van der Waals surface area contributed by atoms with Gasteiger partial charge >= 0.3 is 0 Å². The van der Waals surface area contributed by atoms with Crippen molar-refractivity contribution in [3.63, 3.8) is 0 Å². The van der Waals surface area contributed by atoms with E-state index in [-0.39, 0.29) is 5.41 Å². The summed E-state index contributed by atoms with van der Waals surface area (Å²) in [6, 6.07) is 10.7. The molecule has 1 aromatic carbocycles. The summed E-state index contributed by atoms with van der Waals surface area (Å²) in [6.45, 7) is 2.20. The molecule has 2 heteroatoms. The van der Waals surface area contributed by atoms with Crippen molar-refractivity contribution < 1.29 is 9.90 Å². The van der Waals surface area contributed by atoms with Crippen molar-refractivity contribution in [2.45, 2.75) is 69.8 Å². The number of hydrogen-bond donors (Lipinski definition) is 1. The van der Waals surface area contributed by atoms with Crippen LogP contribution >= 0.6 is 0 Å². The minimum atomic E-state index is -0.544. The highest BCUT2D eigenvalue weighted by atomic mass is 16.3. The molecule has 138 valence electrons. The van der Waals surface area contributed by atoms with Gasteiger partial charge in [-0.3, -0.25) is 4.79 Å². The Morgan fingerprint density at radius 1 is 1.08 bits per heavy atom. The Bertz CT molecular complexity index is 751. The van der Waals surface area contributed by atoms with Crippen LogP contribution in [0, 0.1) is 23.2 Å². The molecule has 3 fully saturated rings. The van der Waals surface area contributed by atoms with Crippen molar-refractivity contribution in [2.24, 2.45) is 23.2 Å². The number of carbonyl (C=O) groups excluding carboxylic acids is 1. The van der Waals surface area contributed by atoms with Crippen LogP contribution in [0.4, 0.5) is 0 Å². The standard InChI is InChI=1S/C24H30O2/c1-23-13-11-19-18(20(23)9-10-22(23)25)12-14-24(26)15-17(7-8-21(19)24)16-5-3-2-4-6-16/h2-6,11,17-18,20-21,26H,7-10,12-15H2,1H3/t17?,18-,20+,21-,23+,24-/m1/s1. The van der Waals surface area contributed by atoms with Crippen molar-refractivity contribution in [3.05, 3.63) is 47.5 Å². The first-order chi connectivity index (χ1) is 12.5. The summed E-state index contributed by atoms with van der Waals surface area (Å²) in [4.78, 5) is 12.5. The summed E-state index contributed by atoms with van der Waals surface area (Å²) in [7, 11) is 0. The first-order valence-corrected chi connectivity index (χ1v) is 10.5. The lowest BCUT2D eigenvalue weighted by molar-refractivity contribution is -0.128. The van der Waals surface area contributed by atoms with E-state index in [0.717, 1.165) is 44.9 Å². The largest absolute Gasteiger partial charge is 0.389 e. The lowest BCUT2D eigenvalue weighted by Crippen LogP contribution is -2.51. The molecule has 0 heterocycles. The average molecular weight is 351 g/mol. The second-order valence-corrected chi connectivity index (χ2v) is 9.58. The summed E-state index contributed by atoms with van der Waals surface area (Å²) in [5.41, 5.74) is 2.23. The molecule has 1 N–H and O–H groups in total. The zero-order chi connectivity index (χ0) is 17.9. The van der Waals surface area contributed by atoms with E-state index in [4.69, 9.17) is 0 Å². The zero-order valence-electron chi connectivity index (χ0n) is 15.8. The van der Waals surface area contributed by atoms with Gasteiger partial charge in [0.05, 0.1) is 5.60 Å². The van der Waals surface area contributed by atoms with E-state index in [9.17, 15) is 9.90 Å². The number of carbonyl (C=O) groups is 1. The van der Waals surface area contributed by atoms with E-state index in [1.165, 1.54) is 17.6 Å². The van der Waals surface area contributed by atoms with Gasteiger partial charge in [-0.25, -0.2) is 0 Å². The SMILES string of the molecule is C[C@]12CC=C3[C@@H](CC[C@@]4(O)CC(c5ccccc5)CC[C@H]34)[C@@H]1CCC2=O. The van der Waals surface area contributed by atoms with E-state index in [0.29, 0.717) is 29.5 Å². The zero-order valence-corrected chi connectivity index (χ0v) is 15.8. The highest BCUT2D eigenvalue weighted by Crippen LogP contribution is 2.61. The Morgan fingerprint density at radius 2 is 1.88 bits per heavy atom. The van der Waals surface area contributed by atoms with Gasteiger partial charge in [0.25, 0.3) is 0 Å². The van der Waals surface area contributed by atoms with Crippen LogP contribution in [-0.2, 0) is 4.79 Å². The maximum Gasteiger partial charge on any atom is 0.139 e. The Kier molecular flexibility index (Phi) is 3.73. The van der Waals surface area contributed by atoms with Crippen LogP contribution in [0.2, 0.25) is 0 Å². The lowest BCUT2D eigenvalue weighted by atomic mass is 9.52. The molecule has 0 spiro atoms. The van der Waals surface area contributed by atoms with Gasteiger partial charge in [0.1, 0.15) is 5.78 Å². The summed E-state index contributed by atoms with van der Waals surface area (Å²) in [5, 5.41) is 11.6. The molecule has 5 rings (SSSR count). The first kappa shape index (κ1) is 16.7. The van der Waals surface area contributed by atoms with Crippen LogP contribution in [0.1, 0.15) is 69.8 Å². The highest BCUT2D eigenvalue weighted by Gasteiger charge is 2.57. The number of allylic oxidation sites excluding steroid dienone is 1. The summed E-state index contributed by atoms with van der Waals surface area (Å²) >= 11 is 0. The van der Waals surface area contributed by atoms with Crippen molar-refractivity contribution in [2.75, 3.05) is 0 Å². The van der Waals surface area contributed by atoms with Crippen molar-refractivity contribution in [1.82, 2.24) is 0 Å². The van der Waals surface area contributed by atoms with Crippen molar-refractivity contribution in [3.8, 4) is 0 Å². The normalized spacial score (nSPS) is 44.7. The number of rotatable bonds is 1. The van der Waals surface area contributed by atoms with Gasteiger partial charge in [0.2, 0.25) is 0 Å². The number of aliphatic hydroxyl groups is 1. The summed E-state index contributed by atoms with van der Waals surface area (Å²) in [5.74, 6) is 2.34. The monoisotopic (exact) mass is 350 g/mol. The van der Waals surface area contributed by atoms with E-state index < -0.39 is 5.60 Å². The van der Waals surface area contributed by atoms with Crippen LogP contribution in [0.25, 0.3) is 0 Å². The van der Waals surface area contributed by atoms with E-state index in [1.807, 2.05) is 0 Å². The highest BCUT2D eigenvalue weighted by molar-refractivity contribution is 5.87. The fourth-order valence-corrected chi connectivity index (χ4v) is 6.97. The van der Waals surface area contributed by atoms with E-state index >= 15 is 0 Å². The topological polar surface area (TPSA) is 37.3 Å². The Balaban J connectivity index is 1.43. The third kappa shape index (κ3) is 2.30. The average Bonchev–Trinajstić information content (AvgIpc) is 2.96. The molecule has 1 unspecified atom stereocenters. The maximum atomic E-state index is 12.5. The van der Waals surface area contributed by atoms with Crippen LogP contribution in [0.5, 0.6) is 0 Å². The minimum Gasteiger partial charge on any atom is -0.389 e. The summed E-state index contributed by atoms with van der Waals surface area (Å²) in [6.07, 6.45) is 10.2. The van der Waals surface area contributed by atoms with Crippen LogP contribution in [0.15, 0.2) is 42.0 Å². The predicted octanol–water partition coefficient (Wildman–Crippen LogP) is 5.03. The number of hydrogen-bond acceptors (Lipinski definition) is 2. The molecule has 0 radical (unpaired) electrons. The lowest BCUT2D eigenvalue weighted by Gasteiger charge is -2.54. The van der Waals surface area contributed by atoms with Gasteiger partial charge in [-0.1, -0.05) is 48.9 Å². The molecule has 6 atom stereocenters. The van der Waals surface area contributed by atoms with Crippen LogP contribution < -0.4 is 0 Å². The predicted molar refractivity (Wildman–Crippen MR) is 103 cm³/mol. The van der Waals surface area contributed by atoms with Gasteiger partial charge in [0, 0.05) is 17.8 Å². The molecule has 0 amide bonds. The maximum absolute atomic E-state index is 12.5. The molecule has 0 saturated heterocycles. The first-order valence-electron chi connectivity index (χ1n) is 10.5. The minimum absolute atomic E-state index is 0.120. The molecule has 26 heavy (non-hydrogen) atoms. The molecule has 3 saturated carbocycles. The molecule has 4 aliphatic rings. The van der Waals surface area contributed by atoms with Gasteiger partial charge in [-0.05, 0) is 68.3 Å². The molecule has 0 aromatic heterocycles. The molecule has 0 aliphatic heterocycles. The molecule has 0 bridgehead atoms. The Morgan fingerprint density at radius 3 is 2.69 bits per heavy atom. The van der Waals surface area contributed by atoms with Crippen LogP contribution in [-0.4, -0.2) is 16.5 Å². The Hall–Kier alpha value is -1.41. The fourth-order valence-electron chi connectivity index (χ4n) is 6.97. The fraction of sp³-hybridized carbons (Fsp3) is 0.625. The molecular formula is C24H30O2. The molecule has 1 aromatic rings. The molecule has 2 nitrogen and oxygen atoms in total. The van der Waals surface area contributed by atoms with Gasteiger partial charge in [-0.15, -0.1) is 0 Å². The molecule has 4 aliphatic carbocycles. The van der Waals surface area contributed by atoms with Crippen molar-refractivity contribution >= 4 is 5.78 Å². The quantitative estimate of drug-likeness (QED) is 0.722. The van der Waals surface area contributed by atoms with Gasteiger partial charge < -0.3 is 5.11 Å². The van der Waals surface area contributed by atoms with Crippen molar-refractivity contribution in [1.29, 1.82) is 0 Å². The third-order valence-corrected chi connectivity index (χ3v) is 8.43. The van der Waals surface area contributed by atoms with Gasteiger partial charge in [0.15, 0.2) is 0 Å². The third-order valence-electron chi connectivity index (χ3n) is 8.43. The summed E-state index contributed by atoms with van der Waals surface area (Å²) < 4.78 is 0. The van der Waals surface area contributed by atoms with Gasteiger partial charge in [-0.2, -0.15) is 0 Å². The Labute approximate surface area is 156 Å². The number of fused-ring (bicyclic) bond motifs is 5. The van der Waals surface area contributed by atoms with E-state index in [2.05, 4.69) is 43.3 Å². The number of ketones is 1. The van der Waals surface area contributed by atoms with Crippen LogP contribution in [0.3, 0.4) is 0 Å².